The molecule has 2 heterocycles. The van der Waals surface area contributed by atoms with E-state index in [1.165, 1.54) is 23.3 Å². The highest BCUT2D eigenvalue weighted by Crippen LogP contribution is 2.32. The third kappa shape index (κ3) is 4.83. The second kappa shape index (κ2) is 9.73. The van der Waals surface area contributed by atoms with E-state index >= 15 is 0 Å². The van der Waals surface area contributed by atoms with Crippen LogP contribution in [0.1, 0.15) is 18.7 Å². The van der Waals surface area contributed by atoms with Crippen LogP contribution in [0.5, 0.6) is 11.6 Å². The van der Waals surface area contributed by atoms with Gasteiger partial charge in [0.25, 0.3) is 5.88 Å². The topological polar surface area (TPSA) is 92.4 Å². The third-order valence-electron chi connectivity index (χ3n) is 5.79. The normalized spacial score (nSPS) is 12.6. The van der Waals surface area contributed by atoms with Crippen LogP contribution in [0.2, 0.25) is 0 Å². The molecule has 0 spiro atoms. The summed E-state index contributed by atoms with van der Waals surface area (Å²) in [5, 5.41) is 0. The molecule has 0 aliphatic heterocycles. The van der Waals surface area contributed by atoms with Gasteiger partial charge in [-0.25, -0.2) is 27.0 Å². The van der Waals surface area contributed by atoms with Crippen LogP contribution in [0.4, 0.5) is 8.78 Å². The maximum atomic E-state index is 14.4. The van der Waals surface area contributed by atoms with Crippen molar-refractivity contribution < 1.29 is 26.7 Å². The lowest BCUT2D eigenvalue weighted by atomic mass is 10.0. The van der Waals surface area contributed by atoms with Crippen LogP contribution in [0.25, 0.3) is 22.2 Å². The fraction of sp³-hybridized carbons (Fsp3) is 0.280. The van der Waals surface area contributed by atoms with Crippen molar-refractivity contribution in [1.29, 1.82) is 0 Å². The van der Waals surface area contributed by atoms with Crippen molar-refractivity contribution in [3.63, 3.8) is 0 Å². The van der Waals surface area contributed by atoms with Crippen LogP contribution in [0, 0.1) is 11.6 Å². The summed E-state index contributed by atoms with van der Waals surface area (Å²) < 4.78 is 66.5. The summed E-state index contributed by atoms with van der Waals surface area (Å²) >= 11 is 0. The Bertz CT molecular complexity index is 1610. The summed E-state index contributed by atoms with van der Waals surface area (Å²) in [6.45, 7) is 2.08. The molecule has 0 amide bonds. The van der Waals surface area contributed by atoms with E-state index in [4.69, 9.17) is 9.47 Å². The number of hydrogen-bond donors (Lipinski definition) is 0. The van der Waals surface area contributed by atoms with Gasteiger partial charge in [0, 0.05) is 18.9 Å². The predicted molar refractivity (Wildman–Crippen MR) is 132 cm³/mol. The van der Waals surface area contributed by atoms with Gasteiger partial charge in [0.05, 0.1) is 42.2 Å². The van der Waals surface area contributed by atoms with Crippen LogP contribution in [0.15, 0.2) is 53.3 Å². The van der Waals surface area contributed by atoms with Crippen molar-refractivity contribution in [2.45, 2.75) is 13.0 Å². The third-order valence-corrected chi connectivity index (χ3v) is 6.71. The molecule has 0 fully saturated rings. The Balaban J connectivity index is 1.94. The number of halogens is 2. The number of rotatable bonds is 8. The number of benzene rings is 2. The van der Waals surface area contributed by atoms with Crippen molar-refractivity contribution in [2.24, 2.45) is 7.05 Å². The number of ether oxygens (including phenoxy) is 2. The van der Waals surface area contributed by atoms with E-state index in [1.54, 1.807) is 37.3 Å². The van der Waals surface area contributed by atoms with Gasteiger partial charge >= 0.3 is 5.69 Å². The largest absolute Gasteiger partial charge is 0.491 e. The quantitative estimate of drug-likeness (QED) is 0.354. The van der Waals surface area contributed by atoms with Crippen molar-refractivity contribution >= 4 is 20.9 Å². The van der Waals surface area contributed by atoms with E-state index < -0.39 is 39.0 Å². The van der Waals surface area contributed by atoms with Gasteiger partial charge in [0.2, 0.25) is 0 Å². The Hall–Kier alpha value is -3.73. The lowest BCUT2D eigenvalue weighted by Gasteiger charge is -2.19. The van der Waals surface area contributed by atoms with Crippen LogP contribution >= 0.6 is 0 Å². The molecule has 2 aromatic heterocycles. The lowest BCUT2D eigenvalue weighted by molar-refractivity contribution is 0.296. The van der Waals surface area contributed by atoms with Crippen molar-refractivity contribution in [3.05, 3.63) is 76.3 Å². The summed E-state index contributed by atoms with van der Waals surface area (Å²) in [5.41, 5.74) is 1.03. The molecule has 0 saturated carbocycles. The van der Waals surface area contributed by atoms with E-state index in [0.29, 0.717) is 34.6 Å². The smallest absolute Gasteiger partial charge is 0.329 e. The zero-order chi connectivity index (χ0) is 26.2. The molecule has 2 aromatic carbocycles. The Kier molecular flexibility index (Phi) is 6.85. The molecule has 190 valence electrons. The molecule has 8 nitrogen and oxygen atoms in total. The van der Waals surface area contributed by atoms with Gasteiger partial charge in [-0.05, 0) is 55.0 Å². The number of nitrogens with zero attached hydrogens (tertiary/aromatic N) is 3. The molecule has 0 bridgehead atoms. The Morgan fingerprint density at radius 2 is 1.81 bits per heavy atom. The monoisotopic (exact) mass is 517 g/mol. The summed E-state index contributed by atoms with van der Waals surface area (Å²) in [7, 11) is -0.585. The lowest BCUT2D eigenvalue weighted by Crippen LogP contribution is -2.31. The van der Waals surface area contributed by atoms with Crippen LogP contribution in [-0.2, 0) is 16.9 Å². The van der Waals surface area contributed by atoms with E-state index in [2.05, 4.69) is 4.98 Å². The Morgan fingerprint density at radius 1 is 1.06 bits per heavy atom. The van der Waals surface area contributed by atoms with Gasteiger partial charge in [-0.1, -0.05) is 6.07 Å². The molecule has 0 aliphatic rings. The molecule has 11 heteroatoms. The number of sulfone groups is 1. The molecule has 0 saturated heterocycles. The van der Waals surface area contributed by atoms with E-state index in [0.717, 1.165) is 24.5 Å². The first-order valence-corrected chi connectivity index (χ1v) is 13.1. The average molecular weight is 518 g/mol. The molecule has 0 aliphatic carbocycles. The second-order valence-electron chi connectivity index (χ2n) is 8.32. The first-order valence-electron chi connectivity index (χ1n) is 11.1. The standard InChI is InChI=1S/C25H25F2N3O5S/c1-5-35-24-23(34-3)11-9-19(28-24)22(14-36(4,32)33)30-20-10-6-15(12-21(20)29(2)25(30)31)17-13-16(26)7-8-18(17)27/h6-13,22H,5,14H2,1-4H3. The maximum absolute atomic E-state index is 14.4. The molecular formula is C25H25F2N3O5S. The molecule has 4 rings (SSSR count). The van der Waals surface area contributed by atoms with E-state index in [9.17, 15) is 22.0 Å². The van der Waals surface area contributed by atoms with Gasteiger partial charge < -0.3 is 9.47 Å². The maximum Gasteiger partial charge on any atom is 0.329 e. The Morgan fingerprint density at radius 3 is 2.47 bits per heavy atom. The van der Waals surface area contributed by atoms with Gasteiger partial charge in [0.1, 0.15) is 21.5 Å². The zero-order valence-electron chi connectivity index (χ0n) is 20.2. The number of methoxy groups -OCH3 is 1. The number of pyridine rings is 1. The second-order valence-corrected chi connectivity index (χ2v) is 10.5. The highest BCUT2D eigenvalue weighted by molar-refractivity contribution is 7.90. The van der Waals surface area contributed by atoms with E-state index in [-0.39, 0.29) is 11.4 Å². The molecule has 1 atom stereocenters. The summed E-state index contributed by atoms with van der Waals surface area (Å²) in [5.74, 6) is -1.07. The molecule has 36 heavy (non-hydrogen) atoms. The molecule has 1 unspecified atom stereocenters. The van der Waals surface area contributed by atoms with Crippen LogP contribution in [0.3, 0.4) is 0 Å². The Labute approximate surface area is 206 Å². The van der Waals surface area contributed by atoms with Crippen LogP contribution < -0.4 is 15.2 Å². The predicted octanol–water partition coefficient (Wildman–Crippen LogP) is 3.72. The molecule has 0 N–H and O–H groups in total. The van der Waals surface area contributed by atoms with Crippen LogP contribution in [-0.4, -0.2) is 48.3 Å². The summed E-state index contributed by atoms with van der Waals surface area (Å²) in [6, 6.07) is 10.0. The van der Waals surface area contributed by atoms with Gasteiger partial charge in [-0.2, -0.15) is 0 Å². The molecule has 4 aromatic rings. The van der Waals surface area contributed by atoms with Gasteiger partial charge in [0.15, 0.2) is 5.75 Å². The number of aryl methyl sites for hydroxylation is 1. The number of hydrogen-bond acceptors (Lipinski definition) is 6. The highest BCUT2D eigenvalue weighted by Gasteiger charge is 2.27. The minimum absolute atomic E-state index is 0.0444. The fourth-order valence-corrected chi connectivity index (χ4v) is 5.05. The molecular weight excluding hydrogens is 492 g/mol. The van der Waals surface area contributed by atoms with Crippen molar-refractivity contribution in [2.75, 3.05) is 25.7 Å². The molecule has 0 radical (unpaired) electrons. The average Bonchev–Trinajstić information content (AvgIpc) is 3.08. The fourth-order valence-electron chi connectivity index (χ4n) is 4.15. The van der Waals surface area contributed by atoms with Crippen molar-refractivity contribution in [1.82, 2.24) is 14.1 Å². The number of fused-ring (bicyclic) bond motifs is 1. The van der Waals surface area contributed by atoms with Gasteiger partial charge in [-0.3, -0.25) is 9.13 Å². The van der Waals surface area contributed by atoms with Crippen molar-refractivity contribution in [3.8, 4) is 22.8 Å². The minimum Gasteiger partial charge on any atom is -0.491 e. The number of imidazole rings is 1. The van der Waals surface area contributed by atoms with E-state index in [1.807, 2.05) is 0 Å². The summed E-state index contributed by atoms with van der Waals surface area (Å²) in [6.07, 6.45) is 1.08. The first-order chi connectivity index (χ1) is 17.0. The summed E-state index contributed by atoms with van der Waals surface area (Å²) in [4.78, 5) is 17.9. The SMILES string of the molecule is CCOc1nc(C(CS(C)(=O)=O)n2c(=O)n(C)c3cc(-c4cc(F)ccc4F)ccc32)ccc1OC. The number of aromatic nitrogens is 3. The first kappa shape index (κ1) is 25.4. The van der Waals surface area contributed by atoms with Gasteiger partial charge in [-0.15, -0.1) is 0 Å². The highest BCUT2D eigenvalue weighted by atomic mass is 32.2. The minimum atomic E-state index is -3.57. The zero-order valence-corrected chi connectivity index (χ0v) is 21.0.